The summed E-state index contributed by atoms with van der Waals surface area (Å²) in [6.07, 6.45) is 5.71. The summed E-state index contributed by atoms with van der Waals surface area (Å²) in [5.41, 5.74) is 1.42. The first kappa shape index (κ1) is 19.9. The van der Waals surface area contributed by atoms with E-state index in [0.717, 1.165) is 36.6 Å². The summed E-state index contributed by atoms with van der Waals surface area (Å²) in [7, 11) is 0. The van der Waals surface area contributed by atoms with Crippen molar-refractivity contribution in [2.75, 3.05) is 0 Å². The number of carbonyl (C=O) groups excluding carboxylic acids is 2. The van der Waals surface area contributed by atoms with E-state index in [1.165, 1.54) is 0 Å². The van der Waals surface area contributed by atoms with Crippen LogP contribution in [-0.2, 0) is 4.79 Å². The summed E-state index contributed by atoms with van der Waals surface area (Å²) in [6.45, 7) is 4.05. The Labute approximate surface area is 164 Å². The van der Waals surface area contributed by atoms with Gasteiger partial charge in [0.15, 0.2) is 0 Å². The van der Waals surface area contributed by atoms with Crippen LogP contribution in [0, 0.1) is 23.2 Å². The molecule has 1 aromatic carbocycles. The number of hydrogen-bond acceptors (Lipinski definition) is 4. The Hall–Kier alpha value is -2.88. The molecule has 1 aliphatic carbocycles. The van der Waals surface area contributed by atoms with Crippen LogP contribution in [-0.4, -0.2) is 34.1 Å². The lowest BCUT2D eigenvalue weighted by Gasteiger charge is -2.32. The third-order valence-corrected chi connectivity index (χ3v) is 5.30. The van der Waals surface area contributed by atoms with Gasteiger partial charge in [-0.05, 0) is 43.4 Å². The van der Waals surface area contributed by atoms with Crippen molar-refractivity contribution < 1.29 is 9.59 Å². The number of fused-ring (bicyclic) bond motifs is 1. The van der Waals surface area contributed by atoms with Gasteiger partial charge in [0.1, 0.15) is 6.04 Å². The van der Waals surface area contributed by atoms with E-state index in [-0.39, 0.29) is 23.8 Å². The van der Waals surface area contributed by atoms with Crippen LogP contribution in [0.3, 0.4) is 0 Å². The first-order valence-electron chi connectivity index (χ1n) is 9.92. The lowest BCUT2D eigenvalue weighted by Crippen LogP contribution is -2.50. The Kier molecular flexibility index (Phi) is 6.30. The minimum atomic E-state index is -0.491. The molecule has 0 bridgehead atoms. The summed E-state index contributed by atoms with van der Waals surface area (Å²) >= 11 is 0. The second-order valence-corrected chi connectivity index (χ2v) is 7.96. The first-order chi connectivity index (χ1) is 13.5. The average Bonchev–Trinajstić information content (AvgIpc) is 3.15. The monoisotopic (exact) mass is 381 g/mol. The molecular weight excluding hydrogens is 354 g/mol. The van der Waals surface area contributed by atoms with Crippen molar-refractivity contribution in [2.45, 2.75) is 58.0 Å². The SMILES string of the molecule is CC(C)C[C@@H](C#N)NC(=O)[C@@H]1CCCC[C@@H]1NC(=O)c1ccc2[nH]ncc2c1. The standard InChI is InChI=1S/C21H27N5O2/c1-13(2)9-16(11-22)24-21(28)17-5-3-4-6-19(17)25-20(27)14-7-8-18-15(10-14)12-23-26-18/h7-8,10,12-13,16-17,19H,3-6,9H2,1-2H3,(H,23,26)(H,24,28)(H,25,27)/t16-,17+,19-/m0/s1. The van der Waals surface area contributed by atoms with E-state index in [1.54, 1.807) is 18.3 Å². The fourth-order valence-corrected chi connectivity index (χ4v) is 3.85. The number of hydrogen-bond donors (Lipinski definition) is 3. The van der Waals surface area contributed by atoms with Crippen molar-refractivity contribution in [1.29, 1.82) is 5.26 Å². The molecule has 2 aromatic rings. The maximum absolute atomic E-state index is 12.8. The first-order valence-corrected chi connectivity index (χ1v) is 9.92. The van der Waals surface area contributed by atoms with Crippen LogP contribution in [0.2, 0.25) is 0 Å². The Morgan fingerprint density at radius 1 is 1.32 bits per heavy atom. The van der Waals surface area contributed by atoms with Crippen molar-refractivity contribution in [2.24, 2.45) is 11.8 Å². The zero-order valence-corrected chi connectivity index (χ0v) is 16.4. The van der Waals surface area contributed by atoms with Crippen LogP contribution in [0.5, 0.6) is 0 Å². The zero-order valence-electron chi connectivity index (χ0n) is 16.4. The van der Waals surface area contributed by atoms with Crippen LogP contribution in [0.4, 0.5) is 0 Å². The normalized spacial score (nSPS) is 20.5. The molecule has 28 heavy (non-hydrogen) atoms. The van der Waals surface area contributed by atoms with Gasteiger partial charge < -0.3 is 10.6 Å². The number of rotatable bonds is 6. The van der Waals surface area contributed by atoms with Gasteiger partial charge in [0.2, 0.25) is 5.91 Å². The van der Waals surface area contributed by atoms with E-state index >= 15 is 0 Å². The molecule has 3 atom stereocenters. The molecule has 0 aliphatic heterocycles. The minimum absolute atomic E-state index is 0.137. The van der Waals surface area contributed by atoms with Gasteiger partial charge in [-0.2, -0.15) is 10.4 Å². The number of aromatic amines is 1. The molecule has 3 rings (SSSR count). The van der Waals surface area contributed by atoms with Crippen LogP contribution >= 0.6 is 0 Å². The Balaban J connectivity index is 1.67. The number of benzene rings is 1. The Morgan fingerprint density at radius 3 is 2.86 bits per heavy atom. The molecule has 3 N–H and O–H groups in total. The predicted octanol–water partition coefficient (Wildman–Crippen LogP) is 2.91. The highest BCUT2D eigenvalue weighted by Gasteiger charge is 2.33. The van der Waals surface area contributed by atoms with E-state index in [1.807, 2.05) is 19.9 Å². The second kappa shape index (κ2) is 8.87. The number of nitrogens with zero attached hydrogens (tertiary/aromatic N) is 2. The zero-order chi connectivity index (χ0) is 20.1. The van der Waals surface area contributed by atoms with E-state index in [0.29, 0.717) is 17.9 Å². The number of nitriles is 1. The van der Waals surface area contributed by atoms with Crippen molar-refractivity contribution in [3.63, 3.8) is 0 Å². The molecule has 2 amide bonds. The third kappa shape index (κ3) is 4.69. The van der Waals surface area contributed by atoms with Crippen molar-refractivity contribution >= 4 is 22.7 Å². The van der Waals surface area contributed by atoms with Crippen LogP contribution in [0.25, 0.3) is 10.9 Å². The highest BCUT2D eigenvalue weighted by Crippen LogP contribution is 2.25. The highest BCUT2D eigenvalue weighted by molar-refractivity contribution is 5.98. The number of amides is 2. The lowest BCUT2D eigenvalue weighted by molar-refractivity contribution is -0.127. The smallest absolute Gasteiger partial charge is 0.251 e. The van der Waals surface area contributed by atoms with Crippen molar-refractivity contribution in [1.82, 2.24) is 20.8 Å². The predicted molar refractivity (Wildman–Crippen MR) is 106 cm³/mol. The average molecular weight is 381 g/mol. The highest BCUT2D eigenvalue weighted by atomic mass is 16.2. The molecular formula is C21H27N5O2. The molecule has 148 valence electrons. The molecule has 0 saturated heterocycles. The van der Waals surface area contributed by atoms with Crippen LogP contribution in [0.1, 0.15) is 56.3 Å². The van der Waals surface area contributed by atoms with Gasteiger partial charge in [-0.1, -0.05) is 26.7 Å². The van der Waals surface area contributed by atoms with Gasteiger partial charge in [0.05, 0.1) is 23.7 Å². The molecule has 0 spiro atoms. The maximum Gasteiger partial charge on any atom is 0.251 e. The fraction of sp³-hybridized carbons (Fsp3) is 0.524. The molecule has 1 fully saturated rings. The molecule has 0 radical (unpaired) electrons. The molecule has 7 heteroatoms. The summed E-state index contributed by atoms with van der Waals surface area (Å²) in [6, 6.07) is 6.83. The number of H-pyrrole nitrogens is 1. The lowest BCUT2D eigenvalue weighted by atomic mass is 9.83. The molecule has 1 heterocycles. The minimum Gasteiger partial charge on any atom is -0.349 e. The Bertz CT molecular complexity index is 882. The summed E-state index contributed by atoms with van der Waals surface area (Å²) in [5.74, 6) is -0.308. The van der Waals surface area contributed by atoms with E-state index < -0.39 is 6.04 Å². The van der Waals surface area contributed by atoms with E-state index in [2.05, 4.69) is 26.9 Å². The van der Waals surface area contributed by atoms with Crippen LogP contribution in [0.15, 0.2) is 24.4 Å². The molecule has 0 unspecified atom stereocenters. The summed E-state index contributed by atoms with van der Waals surface area (Å²) in [5, 5.41) is 22.9. The third-order valence-electron chi connectivity index (χ3n) is 5.30. The van der Waals surface area contributed by atoms with E-state index in [4.69, 9.17) is 0 Å². The van der Waals surface area contributed by atoms with Gasteiger partial charge in [0.25, 0.3) is 5.91 Å². The van der Waals surface area contributed by atoms with Gasteiger partial charge in [-0.3, -0.25) is 14.7 Å². The Morgan fingerprint density at radius 2 is 2.11 bits per heavy atom. The van der Waals surface area contributed by atoms with Crippen molar-refractivity contribution in [3.05, 3.63) is 30.0 Å². The summed E-state index contributed by atoms with van der Waals surface area (Å²) < 4.78 is 0. The molecule has 1 aliphatic rings. The molecule has 1 saturated carbocycles. The van der Waals surface area contributed by atoms with Gasteiger partial charge in [-0.25, -0.2) is 0 Å². The van der Waals surface area contributed by atoms with Gasteiger partial charge in [0, 0.05) is 17.0 Å². The fourth-order valence-electron chi connectivity index (χ4n) is 3.85. The number of carbonyl (C=O) groups is 2. The van der Waals surface area contributed by atoms with Gasteiger partial charge >= 0.3 is 0 Å². The van der Waals surface area contributed by atoms with E-state index in [9.17, 15) is 14.9 Å². The van der Waals surface area contributed by atoms with Gasteiger partial charge in [-0.15, -0.1) is 0 Å². The van der Waals surface area contributed by atoms with Crippen molar-refractivity contribution in [3.8, 4) is 6.07 Å². The number of nitrogens with one attached hydrogen (secondary N) is 3. The topological polar surface area (TPSA) is 111 Å². The molecule has 1 aromatic heterocycles. The number of aromatic nitrogens is 2. The quantitative estimate of drug-likeness (QED) is 0.714. The second-order valence-electron chi connectivity index (χ2n) is 7.96. The van der Waals surface area contributed by atoms with Crippen LogP contribution < -0.4 is 10.6 Å². The summed E-state index contributed by atoms with van der Waals surface area (Å²) in [4.78, 5) is 25.5. The largest absolute Gasteiger partial charge is 0.349 e. The maximum atomic E-state index is 12.8. The molecule has 7 nitrogen and oxygen atoms in total.